The quantitative estimate of drug-likeness (QED) is 0.791. The zero-order valence-electron chi connectivity index (χ0n) is 9.31. The van der Waals surface area contributed by atoms with E-state index < -0.39 is 34.7 Å². The van der Waals surface area contributed by atoms with Crippen LogP contribution in [0.4, 0.5) is 8.78 Å². The Hall–Kier alpha value is -2.63. The van der Waals surface area contributed by atoms with Crippen molar-refractivity contribution in [2.75, 3.05) is 0 Å². The van der Waals surface area contributed by atoms with Gasteiger partial charge in [0, 0.05) is 0 Å². The first-order valence-electron chi connectivity index (χ1n) is 5.30. The Kier molecular flexibility index (Phi) is 2.38. The molecule has 0 aliphatic heterocycles. The van der Waals surface area contributed by atoms with E-state index in [-0.39, 0.29) is 11.5 Å². The number of allylic oxidation sites excluding steroid dienone is 2. The standard InChI is InChI=1S/C13H5F2NO3/c14-6-2-1-3-7(15)10(6)13-16-11-8(17)4-5-9(18)12(11)19-13/h1-5H. The molecular formula is C13H5F2NO3. The number of hydrogen-bond donors (Lipinski definition) is 0. The normalized spacial score (nSPS) is 13.8. The minimum atomic E-state index is -0.883. The maximum absolute atomic E-state index is 13.6. The van der Waals surface area contributed by atoms with Gasteiger partial charge in [0.2, 0.25) is 23.2 Å². The fourth-order valence-corrected chi connectivity index (χ4v) is 1.77. The van der Waals surface area contributed by atoms with Gasteiger partial charge in [-0.1, -0.05) is 6.07 Å². The number of carbonyl (C=O) groups is 2. The number of aromatic nitrogens is 1. The lowest BCUT2D eigenvalue weighted by molar-refractivity contribution is 0.0974. The summed E-state index contributed by atoms with van der Waals surface area (Å²) < 4.78 is 32.2. The molecule has 0 bridgehead atoms. The van der Waals surface area contributed by atoms with Gasteiger partial charge in [-0.25, -0.2) is 13.8 Å². The first-order chi connectivity index (χ1) is 9.08. The smallest absolute Gasteiger partial charge is 0.233 e. The molecule has 0 saturated carbocycles. The number of halogens is 2. The molecule has 2 aromatic rings. The summed E-state index contributed by atoms with van der Waals surface area (Å²) in [5, 5.41) is 0. The Balaban J connectivity index is 2.22. The van der Waals surface area contributed by atoms with Crippen LogP contribution >= 0.6 is 0 Å². The molecule has 1 aromatic carbocycles. The van der Waals surface area contributed by atoms with E-state index in [0.717, 1.165) is 24.3 Å². The van der Waals surface area contributed by atoms with Crippen LogP contribution in [0.3, 0.4) is 0 Å². The lowest BCUT2D eigenvalue weighted by atomic mass is 10.1. The molecule has 0 unspecified atom stereocenters. The lowest BCUT2D eigenvalue weighted by Crippen LogP contribution is -2.09. The van der Waals surface area contributed by atoms with Gasteiger partial charge in [0.05, 0.1) is 0 Å². The van der Waals surface area contributed by atoms with Crippen LogP contribution < -0.4 is 0 Å². The number of fused-ring (bicyclic) bond motifs is 1. The van der Waals surface area contributed by atoms with Crippen LogP contribution in [0.25, 0.3) is 11.5 Å². The minimum absolute atomic E-state index is 0.231. The first kappa shape index (κ1) is 11.5. The molecule has 0 radical (unpaired) electrons. The summed E-state index contributed by atoms with van der Waals surface area (Å²) in [5.41, 5.74) is -0.734. The van der Waals surface area contributed by atoms with Crippen molar-refractivity contribution in [3.05, 3.63) is 53.4 Å². The van der Waals surface area contributed by atoms with Gasteiger partial charge in [-0.3, -0.25) is 9.59 Å². The second-order valence-electron chi connectivity index (χ2n) is 3.86. The topological polar surface area (TPSA) is 60.2 Å². The van der Waals surface area contributed by atoms with Gasteiger partial charge in [-0.2, -0.15) is 0 Å². The van der Waals surface area contributed by atoms with Gasteiger partial charge in [0.15, 0.2) is 5.69 Å². The summed E-state index contributed by atoms with van der Waals surface area (Å²) in [6, 6.07) is 3.25. The molecule has 0 amide bonds. The molecule has 94 valence electrons. The highest BCUT2D eigenvalue weighted by atomic mass is 19.1. The number of rotatable bonds is 1. The van der Waals surface area contributed by atoms with E-state index in [1.54, 1.807) is 0 Å². The molecule has 19 heavy (non-hydrogen) atoms. The molecule has 0 spiro atoms. The maximum Gasteiger partial charge on any atom is 0.233 e. The average Bonchev–Trinajstić information content (AvgIpc) is 2.80. The van der Waals surface area contributed by atoms with E-state index >= 15 is 0 Å². The van der Waals surface area contributed by atoms with Crippen molar-refractivity contribution < 1.29 is 22.8 Å². The summed E-state index contributed by atoms with van der Waals surface area (Å²) >= 11 is 0. The van der Waals surface area contributed by atoms with Crippen LogP contribution in [-0.4, -0.2) is 16.6 Å². The van der Waals surface area contributed by atoms with Crippen molar-refractivity contribution in [1.29, 1.82) is 0 Å². The molecule has 0 fully saturated rings. The number of carbonyl (C=O) groups excluding carboxylic acids is 2. The molecule has 1 aliphatic carbocycles. The van der Waals surface area contributed by atoms with E-state index in [2.05, 4.69) is 4.98 Å². The molecule has 1 aromatic heterocycles. The van der Waals surface area contributed by atoms with Crippen LogP contribution in [0, 0.1) is 11.6 Å². The fraction of sp³-hybridized carbons (Fsp3) is 0. The molecule has 0 N–H and O–H groups in total. The lowest BCUT2D eigenvalue weighted by Gasteiger charge is -1.99. The number of benzene rings is 1. The molecule has 4 nitrogen and oxygen atoms in total. The van der Waals surface area contributed by atoms with Crippen molar-refractivity contribution in [3.63, 3.8) is 0 Å². The van der Waals surface area contributed by atoms with Gasteiger partial charge < -0.3 is 4.42 Å². The van der Waals surface area contributed by atoms with E-state index in [1.807, 2.05) is 0 Å². The Labute approximate surface area is 105 Å². The Morgan fingerprint density at radius 2 is 1.63 bits per heavy atom. The van der Waals surface area contributed by atoms with E-state index in [1.165, 1.54) is 6.07 Å². The zero-order valence-corrected chi connectivity index (χ0v) is 9.31. The van der Waals surface area contributed by atoms with Crippen molar-refractivity contribution in [3.8, 4) is 11.5 Å². The monoisotopic (exact) mass is 261 g/mol. The van der Waals surface area contributed by atoms with Gasteiger partial charge in [0.1, 0.15) is 17.2 Å². The molecular weight excluding hydrogens is 256 g/mol. The van der Waals surface area contributed by atoms with Crippen LogP contribution in [-0.2, 0) is 0 Å². The number of hydrogen-bond acceptors (Lipinski definition) is 4. The van der Waals surface area contributed by atoms with Crippen LogP contribution in [0.2, 0.25) is 0 Å². The molecule has 3 rings (SSSR count). The second kappa shape index (κ2) is 3.94. The number of oxazole rings is 1. The fourth-order valence-electron chi connectivity index (χ4n) is 1.77. The van der Waals surface area contributed by atoms with Gasteiger partial charge >= 0.3 is 0 Å². The molecule has 1 aliphatic rings. The molecule has 0 saturated heterocycles. The van der Waals surface area contributed by atoms with Crippen LogP contribution in [0.15, 0.2) is 34.8 Å². The third kappa shape index (κ3) is 1.69. The van der Waals surface area contributed by atoms with Crippen LogP contribution in [0.1, 0.15) is 21.0 Å². The summed E-state index contributed by atoms with van der Waals surface area (Å²) in [6.45, 7) is 0. The number of ketones is 2. The highest BCUT2D eigenvalue weighted by molar-refractivity contribution is 6.20. The molecule has 0 atom stereocenters. The van der Waals surface area contributed by atoms with Gasteiger partial charge in [-0.05, 0) is 24.3 Å². The largest absolute Gasteiger partial charge is 0.432 e. The Bertz CT molecular complexity index is 691. The molecule has 6 heteroatoms. The van der Waals surface area contributed by atoms with Crippen molar-refractivity contribution in [1.82, 2.24) is 4.98 Å². The van der Waals surface area contributed by atoms with E-state index in [4.69, 9.17) is 4.42 Å². The number of nitrogens with zero attached hydrogens (tertiary/aromatic N) is 1. The summed E-state index contributed by atoms with van der Waals surface area (Å²) in [4.78, 5) is 26.7. The van der Waals surface area contributed by atoms with E-state index in [9.17, 15) is 18.4 Å². The second-order valence-corrected chi connectivity index (χ2v) is 3.86. The Morgan fingerprint density at radius 3 is 2.26 bits per heavy atom. The predicted molar refractivity (Wildman–Crippen MR) is 59.7 cm³/mol. The zero-order chi connectivity index (χ0) is 13.6. The average molecular weight is 261 g/mol. The first-order valence-corrected chi connectivity index (χ1v) is 5.30. The Morgan fingerprint density at radius 1 is 1.00 bits per heavy atom. The highest BCUT2D eigenvalue weighted by Gasteiger charge is 2.28. The van der Waals surface area contributed by atoms with Crippen molar-refractivity contribution in [2.45, 2.75) is 0 Å². The summed E-state index contributed by atoms with van der Waals surface area (Å²) in [6.07, 6.45) is 2.06. The summed E-state index contributed by atoms with van der Waals surface area (Å²) in [5.74, 6) is -3.60. The van der Waals surface area contributed by atoms with Crippen molar-refractivity contribution in [2.24, 2.45) is 0 Å². The van der Waals surface area contributed by atoms with Gasteiger partial charge in [0.25, 0.3) is 0 Å². The maximum atomic E-state index is 13.6. The van der Waals surface area contributed by atoms with Gasteiger partial charge in [-0.15, -0.1) is 0 Å². The third-order valence-corrected chi connectivity index (χ3v) is 2.65. The van der Waals surface area contributed by atoms with E-state index in [0.29, 0.717) is 0 Å². The molecule has 1 heterocycles. The highest BCUT2D eigenvalue weighted by Crippen LogP contribution is 2.29. The SMILES string of the molecule is O=C1C=CC(=O)c2oc(-c3c(F)cccc3F)nc21. The summed E-state index contributed by atoms with van der Waals surface area (Å²) in [7, 11) is 0. The third-order valence-electron chi connectivity index (χ3n) is 2.65. The van der Waals surface area contributed by atoms with Crippen LogP contribution in [0.5, 0.6) is 0 Å². The predicted octanol–water partition coefficient (Wildman–Crippen LogP) is 2.56. The minimum Gasteiger partial charge on any atom is -0.432 e. The van der Waals surface area contributed by atoms with Crippen molar-refractivity contribution >= 4 is 11.6 Å².